The van der Waals surface area contributed by atoms with Crippen molar-refractivity contribution < 1.29 is 0 Å². The molecule has 0 spiro atoms. The van der Waals surface area contributed by atoms with E-state index in [9.17, 15) is 0 Å². The van der Waals surface area contributed by atoms with Crippen LogP contribution in [-0.4, -0.2) is 11.0 Å². The third-order valence-electron chi connectivity index (χ3n) is 4.69. The third-order valence-corrected chi connectivity index (χ3v) is 4.69. The van der Waals surface area contributed by atoms with Gasteiger partial charge in [0, 0.05) is 23.7 Å². The van der Waals surface area contributed by atoms with Crippen LogP contribution in [0.3, 0.4) is 0 Å². The van der Waals surface area contributed by atoms with Crippen LogP contribution in [-0.2, 0) is 6.54 Å². The minimum Gasteiger partial charge on any atom is -0.309 e. The minimum absolute atomic E-state index is 0.779. The van der Waals surface area contributed by atoms with Crippen molar-refractivity contribution in [1.29, 1.82) is 0 Å². The van der Waals surface area contributed by atoms with Crippen LogP contribution in [0.25, 0.3) is 10.9 Å². The van der Waals surface area contributed by atoms with Crippen LogP contribution in [0.1, 0.15) is 36.9 Å². The second kappa shape index (κ2) is 4.85. The first-order valence-electron chi connectivity index (χ1n) is 7.89. The van der Waals surface area contributed by atoms with Crippen LogP contribution < -0.4 is 5.32 Å². The van der Waals surface area contributed by atoms with Gasteiger partial charge in [-0.15, -0.1) is 0 Å². The zero-order chi connectivity index (χ0) is 13.5. The van der Waals surface area contributed by atoms with Crippen molar-refractivity contribution in [3.63, 3.8) is 0 Å². The van der Waals surface area contributed by atoms with Crippen molar-refractivity contribution in [3.8, 4) is 0 Å². The number of fused-ring (bicyclic) bond motifs is 1. The summed E-state index contributed by atoms with van der Waals surface area (Å²) in [6.07, 6.45) is 5.76. The molecule has 2 nitrogen and oxygen atoms in total. The van der Waals surface area contributed by atoms with Crippen LogP contribution in [0.2, 0.25) is 0 Å². The lowest BCUT2D eigenvalue weighted by molar-refractivity contribution is 0.416. The number of rotatable bonds is 5. The minimum atomic E-state index is 0.779. The molecule has 2 fully saturated rings. The Morgan fingerprint density at radius 3 is 2.55 bits per heavy atom. The molecule has 104 valence electrons. The molecule has 2 saturated carbocycles. The van der Waals surface area contributed by atoms with Gasteiger partial charge in [0.15, 0.2) is 0 Å². The molecule has 1 N–H and O–H groups in total. The first-order valence-corrected chi connectivity index (χ1v) is 7.89. The van der Waals surface area contributed by atoms with Gasteiger partial charge in [-0.2, -0.15) is 0 Å². The Balaban J connectivity index is 1.49. The number of nitrogens with one attached hydrogen (secondary N) is 1. The third kappa shape index (κ3) is 2.57. The summed E-state index contributed by atoms with van der Waals surface area (Å²) in [5.41, 5.74) is 3.58. The van der Waals surface area contributed by atoms with Crippen LogP contribution in [0.15, 0.2) is 30.3 Å². The number of aromatic nitrogens is 1. The highest BCUT2D eigenvalue weighted by Crippen LogP contribution is 2.44. The highest BCUT2D eigenvalue weighted by molar-refractivity contribution is 5.79. The van der Waals surface area contributed by atoms with Crippen LogP contribution in [0.4, 0.5) is 0 Å². The lowest BCUT2D eigenvalue weighted by atomic mass is 10.1. The molecular formula is C18H22N2. The average Bonchev–Trinajstić information content (AvgIpc) is 3.33. The van der Waals surface area contributed by atoms with Gasteiger partial charge in [-0.3, -0.25) is 4.98 Å². The SMILES string of the molecule is Cc1ccc2cc(CNC(C3CC3)C3CC3)ccc2n1. The molecular weight excluding hydrogens is 244 g/mol. The van der Waals surface area contributed by atoms with E-state index in [1.54, 1.807) is 0 Å². The van der Waals surface area contributed by atoms with E-state index in [4.69, 9.17) is 0 Å². The number of hydrogen-bond acceptors (Lipinski definition) is 2. The molecule has 0 radical (unpaired) electrons. The quantitative estimate of drug-likeness (QED) is 0.890. The summed E-state index contributed by atoms with van der Waals surface area (Å²) in [5.74, 6) is 1.93. The first kappa shape index (κ1) is 12.3. The molecule has 2 aliphatic carbocycles. The largest absolute Gasteiger partial charge is 0.309 e. The van der Waals surface area contributed by atoms with Gasteiger partial charge < -0.3 is 5.32 Å². The van der Waals surface area contributed by atoms with E-state index in [1.165, 1.54) is 36.6 Å². The fraction of sp³-hybridized carbons (Fsp3) is 0.500. The van der Waals surface area contributed by atoms with E-state index in [1.807, 2.05) is 6.92 Å². The summed E-state index contributed by atoms with van der Waals surface area (Å²) >= 11 is 0. The zero-order valence-corrected chi connectivity index (χ0v) is 12.1. The fourth-order valence-electron chi connectivity index (χ4n) is 3.25. The summed E-state index contributed by atoms with van der Waals surface area (Å²) < 4.78 is 0. The molecule has 20 heavy (non-hydrogen) atoms. The highest BCUT2D eigenvalue weighted by Gasteiger charge is 2.40. The van der Waals surface area contributed by atoms with Crippen molar-refractivity contribution in [2.45, 2.75) is 45.2 Å². The van der Waals surface area contributed by atoms with E-state index in [0.29, 0.717) is 0 Å². The Labute approximate surface area is 120 Å². The Bertz CT molecular complexity index is 614. The van der Waals surface area contributed by atoms with Gasteiger partial charge in [0.05, 0.1) is 5.52 Å². The maximum Gasteiger partial charge on any atom is 0.0705 e. The van der Waals surface area contributed by atoms with Gasteiger partial charge in [0.25, 0.3) is 0 Å². The lowest BCUT2D eigenvalue weighted by Gasteiger charge is -2.17. The van der Waals surface area contributed by atoms with Gasteiger partial charge in [0.1, 0.15) is 0 Å². The van der Waals surface area contributed by atoms with E-state index < -0.39 is 0 Å². The van der Waals surface area contributed by atoms with E-state index >= 15 is 0 Å². The second-order valence-electron chi connectivity index (χ2n) is 6.56. The molecule has 0 saturated heterocycles. The van der Waals surface area contributed by atoms with Crippen LogP contribution >= 0.6 is 0 Å². The standard InChI is InChI=1S/C18H22N2/c1-12-2-4-16-10-13(3-9-17(16)20-12)11-19-18(14-5-6-14)15-7-8-15/h2-4,9-10,14-15,18-19H,5-8,11H2,1H3. The van der Waals surface area contributed by atoms with Crippen molar-refractivity contribution in [2.75, 3.05) is 0 Å². The Morgan fingerprint density at radius 2 is 1.85 bits per heavy atom. The Morgan fingerprint density at radius 1 is 1.10 bits per heavy atom. The predicted octanol–water partition coefficient (Wildman–Crippen LogP) is 3.82. The number of benzene rings is 1. The molecule has 1 aromatic carbocycles. The molecule has 1 heterocycles. The molecule has 0 aliphatic heterocycles. The number of nitrogens with zero attached hydrogens (tertiary/aromatic N) is 1. The molecule has 2 heteroatoms. The molecule has 0 unspecified atom stereocenters. The molecule has 2 aromatic rings. The molecule has 0 amide bonds. The molecule has 1 aromatic heterocycles. The fourth-order valence-corrected chi connectivity index (χ4v) is 3.25. The van der Waals surface area contributed by atoms with Gasteiger partial charge in [0.2, 0.25) is 0 Å². The normalized spacial score (nSPS) is 18.9. The number of aryl methyl sites for hydroxylation is 1. The summed E-state index contributed by atoms with van der Waals surface area (Å²) in [7, 11) is 0. The van der Waals surface area contributed by atoms with E-state index in [2.05, 4.69) is 40.6 Å². The molecule has 2 aliphatic rings. The Hall–Kier alpha value is -1.41. The lowest BCUT2D eigenvalue weighted by Crippen LogP contribution is -2.32. The maximum atomic E-state index is 4.57. The van der Waals surface area contributed by atoms with E-state index in [0.717, 1.165) is 35.6 Å². The molecule has 0 bridgehead atoms. The maximum absolute atomic E-state index is 4.57. The van der Waals surface area contributed by atoms with Crippen molar-refractivity contribution in [3.05, 3.63) is 41.6 Å². The van der Waals surface area contributed by atoms with Gasteiger partial charge >= 0.3 is 0 Å². The van der Waals surface area contributed by atoms with Crippen molar-refractivity contribution >= 4 is 10.9 Å². The number of hydrogen-bond donors (Lipinski definition) is 1. The topological polar surface area (TPSA) is 24.9 Å². The van der Waals surface area contributed by atoms with Gasteiger partial charge in [-0.05, 0) is 68.2 Å². The molecule has 0 atom stereocenters. The van der Waals surface area contributed by atoms with Crippen molar-refractivity contribution in [1.82, 2.24) is 10.3 Å². The van der Waals surface area contributed by atoms with Gasteiger partial charge in [-0.25, -0.2) is 0 Å². The van der Waals surface area contributed by atoms with Gasteiger partial charge in [-0.1, -0.05) is 12.1 Å². The smallest absolute Gasteiger partial charge is 0.0705 e. The first-order chi connectivity index (χ1) is 9.79. The van der Waals surface area contributed by atoms with E-state index in [-0.39, 0.29) is 0 Å². The summed E-state index contributed by atoms with van der Waals surface area (Å²) in [6, 6.07) is 11.7. The number of pyridine rings is 1. The summed E-state index contributed by atoms with van der Waals surface area (Å²) in [6.45, 7) is 3.05. The predicted molar refractivity (Wildman–Crippen MR) is 82.6 cm³/mol. The summed E-state index contributed by atoms with van der Waals surface area (Å²) in [5, 5.41) is 5.07. The summed E-state index contributed by atoms with van der Waals surface area (Å²) in [4.78, 5) is 4.57. The zero-order valence-electron chi connectivity index (χ0n) is 12.1. The van der Waals surface area contributed by atoms with Crippen molar-refractivity contribution in [2.24, 2.45) is 11.8 Å². The average molecular weight is 266 g/mol. The van der Waals surface area contributed by atoms with Crippen LogP contribution in [0, 0.1) is 18.8 Å². The monoisotopic (exact) mass is 266 g/mol. The Kier molecular flexibility index (Phi) is 2.99. The second-order valence-corrected chi connectivity index (χ2v) is 6.56. The van der Waals surface area contributed by atoms with Crippen LogP contribution in [0.5, 0.6) is 0 Å². The molecule has 4 rings (SSSR count). The highest BCUT2D eigenvalue weighted by atomic mass is 14.9.